The second kappa shape index (κ2) is 18.9. The highest BCUT2D eigenvalue weighted by Crippen LogP contribution is 2.35. The predicted octanol–water partition coefficient (Wildman–Crippen LogP) is 7.35. The molecule has 6 amide bonds. The van der Waals surface area contributed by atoms with Gasteiger partial charge in [-0.25, -0.2) is 24.3 Å². The molecular weight excluding hydrogens is 723 g/mol. The summed E-state index contributed by atoms with van der Waals surface area (Å²) >= 11 is 0. The molecule has 288 valence electrons. The number of nitrogens with one attached hydrogen (secondary N) is 5. The molecule has 0 bridgehead atoms. The van der Waals surface area contributed by atoms with Crippen LogP contribution in [0.15, 0.2) is 91.0 Å². The molecule has 3 aromatic carbocycles. The number of hydrogen-bond donors (Lipinski definition) is 5. The number of benzene rings is 3. The van der Waals surface area contributed by atoms with E-state index in [2.05, 4.69) is 66.0 Å². The number of para-hydroxylation sites is 3. The highest BCUT2D eigenvalue weighted by molar-refractivity contribution is 6.87. The number of rotatable bonds is 19. The first-order valence-corrected chi connectivity index (χ1v) is 27.4. The Kier molecular flexibility index (Phi) is 15.0. The van der Waals surface area contributed by atoms with Crippen LogP contribution in [0.4, 0.5) is 31.4 Å². The van der Waals surface area contributed by atoms with Crippen LogP contribution in [0.5, 0.6) is 0 Å². The van der Waals surface area contributed by atoms with Crippen LogP contribution >= 0.6 is 0 Å². The number of urea groups is 3. The topological polar surface area (TPSA) is 142 Å². The van der Waals surface area contributed by atoms with Crippen LogP contribution in [0, 0.1) is 0 Å². The number of nitrogens with zero attached hydrogens (tertiary/aromatic N) is 2. The van der Waals surface area contributed by atoms with E-state index in [1.165, 1.54) is 0 Å². The molecule has 0 aromatic heterocycles. The van der Waals surface area contributed by atoms with Gasteiger partial charge >= 0.3 is 26.7 Å². The molecule has 53 heavy (non-hydrogen) atoms. The van der Waals surface area contributed by atoms with E-state index in [-0.39, 0.29) is 22.6 Å². The molecule has 0 radical (unpaired) electrons. The van der Waals surface area contributed by atoms with Crippen molar-refractivity contribution in [2.75, 3.05) is 54.9 Å². The van der Waals surface area contributed by atoms with Gasteiger partial charge in [-0.15, -0.1) is 0 Å². The fourth-order valence-electron chi connectivity index (χ4n) is 6.70. The fraction of sp³-hybridized carbons (Fsp3) is 0.432. The number of carbonyl (C=O) groups is 3. The summed E-state index contributed by atoms with van der Waals surface area (Å²) in [4.78, 5) is 47.2. The lowest BCUT2D eigenvalue weighted by molar-refractivity contribution is -0.715. The molecule has 0 spiro atoms. The molecule has 3 aromatic rings. The first-order chi connectivity index (χ1) is 25.1. The summed E-state index contributed by atoms with van der Waals surface area (Å²) in [6, 6.07) is 28.2. The molecule has 1 saturated heterocycles. The van der Waals surface area contributed by atoms with Crippen LogP contribution in [0.2, 0.25) is 45.3 Å². The van der Waals surface area contributed by atoms with Gasteiger partial charge in [-0.1, -0.05) is 54.6 Å². The van der Waals surface area contributed by atoms with Gasteiger partial charge in [0.1, 0.15) is 6.17 Å². The van der Waals surface area contributed by atoms with E-state index in [0.29, 0.717) is 50.3 Å². The number of hydrogen-bond acceptors (Lipinski definition) is 7. The summed E-state index contributed by atoms with van der Waals surface area (Å²) < 4.78 is 13.9. The molecule has 1 fully saturated rings. The Hall–Kier alpha value is -3.88. The second-order valence-electron chi connectivity index (χ2n) is 15.0. The monoisotopic (exact) mass is 780 g/mol. The van der Waals surface area contributed by atoms with E-state index >= 15 is 0 Å². The van der Waals surface area contributed by atoms with Crippen molar-refractivity contribution in [3.05, 3.63) is 91.0 Å². The van der Waals surface area contributed by atoms with Gasteiger partial charge in [-0.05, 0) is 95.1 Å². The van der Waals surface area contributed by atoms with Crippen molar-refractivity contribution < 1.29 is 31.9 Å². The van der Waals surface area contributed by atoms with E-state index in [1.807, 2.05) is 97.9 Å². The van der Waals surface area contributed by atoms with Crippen molar-refractivity contribution in [1.29, 1.82) is 0 Å². The van der Waals surface area contributed by atoms with E-state index in [9.17, 15) is 14.4 Å². The third kappa shape index (κ3) is 13.8. The molecule has 13 nitrogen and oxygen atoms in total. The maximum absolute atomic E-state index is 13.9. The Labute approximate surface area is 317 Å². The van der Waals surface area contributed by atoms with Gasteiger partial charge in [0.05, 0.1) is 6.61 Å². The molecule has 16 heteroatoms. The third-order valence-electron chi connectivity index (χ3n) is 8.68. The van der Waals surface area contributed by atoms with Crippen LogP contribution in [-0.4, -0.2) is 97.8 Å². The predicted molar refractivity (Wildman–Crippen MR) is 219 cm³/mol. The molecule has 4 rings (SSSR count). The molecule has 0 saturated carbocycles. The Morgan fingerprint density at radius 2 is 1.26 bits per heavy atom. The summed E-state index contributed by atoms with van der Waals surface area (Å²) in [6.45, 7) is 17.3. The number of amides is 6. The third-order valence-corrected chi connectivity index (χ3v) is 19.9. The summed E-state index contributed by atoms with van der Waals surface area (Å²) in [7, 11) is -7.48. The first kappa shape index (κ1) is 41.9. The van der Waals surface area contributed by atoms with Crippen molar-refractivity contribution in [3.8, 4) is 0 Å². The molecule has 2 atom stereocenters. The van der Waals surface area contributed by atoms with E-state index in [4.69, 9.17) is 13.1 Å². The summed E-state index contributed by atoms with van der Waals surface area (Å²) in [5.41, 5.74) is 5.03. The zero-order valence-electron chi connectivity index (χ0n) is 32.2. The quantitative estimate of drug-likeness (QED) is 0.0282. The Morgan fingerprint density at radius 3 is 1.83 bits per heavy atom. The fourth-order valence-corrected chi connectivity index (χ4v) is 21.4. The van der Waals surface area contributed by atoms with E-state index in [1.54, 1.807) is 4.90 Å². The molecule has 2 unspecified atom stereocenters. The van der Waals surface area contributed by atoms with Gasteiger partial charge in [-0.2, -0.15) is 0 Å². The normalized spacial score (nSPS) is 17.1. The van der Waals surface area contributed by atoms with Crippen molar-refractivity contribution in [3.63, 3.8) is 0 Å². The minimum atomic E-state index is -2.68. The Bertz CT molecular complexity index is 1620. The SMILES string of the molecule is CCONCCN(CCC[Si](C)(C)O[Si](C)(C)O[Si](C)(C)C[N+]1(C(=O)Nc2ccccc2)CC1NC(=O)Nc1ccccc1)C(=O)Nc1ccccc1. The molecule has 1 aliphatic rings. The second-order valence-corrected chi connectivity index (χ2v) is 27.3. The Balaban J connectivity index is 1.37. The van der Waals surface area contributed by atoms with Gasteiger partial charge in [0.15, 0.2) is 14.9 Å². The van der Waals surface area contributed by atoms with E-state index < -0.39 is 31.4 Å². The van der Waals surface area contributed by atoms with Gasteiger partial charge in [0, 0.05) is 36.7 Å². The Morgan fingerprint density at radius 1 is 0.736 bits per heavy atom. The molecule has 5 N–H and O–H groups in total. The average Bonchev–Trinajstić information content (AvgIpc) is 3.77. The highest BCUT2D eigenvalue weighted by Gasteiger charge is 2.65. The smallest absolute Gasteiger partial charge is 0.422 e. The van der Waals surface area contributed by atoms with Gasteiger partial charge in [-0.3, -0.25) is 10.6 Å². The highest BCUT2D eigenvalue weighted by atomic mass is 28.5. The lowest BCUT2D eigenvalue weighted by atomic mass is 10.3. The van der Waals surface area contributed by atoms with Crippen molar-refractivity contribution >= 4 is 60.4 Å². The minimum absolute atomic E-state index is 0.0423. The standard InChI is InChI=1S/C37H57N7O6Si3/c1-8-48-38-25-27-43(36(46)40-32-21-14-10-15-22-32)26-18-28-51(2,3)49-53(6,7)50-52(4,5)30-44(37(47)41-33-23-16-11-17-24-33)29-34(44)42-35(45)39-31-19-12-9-13-20-31/h9-17,19-24,34,38H,8,18,25-30H2,1-7H3,(H3-,39,40,41,42,45,46,47)/p+1. The summed E-state index contributed by atoms with van der Waals surface area (Å²) in [5, 5.41) is 12.0. The molecule has 1 heterocycles. The van der Waals surface area contributed by atoms with E-state index in [0.717, 1.165) is 18.2 Å². The van der Waals surface area contributed by atoms with Gasteiger partial charge in [0.25, 0.3) is 0 Å². The zero-order valence-corrected chi connectivity index (χ0v) is 35.2. The lowest BCUT2D eigenvalue weighted by Gasteiger charge is -2.39. The largest absolute Gasteiger partial charge is 0.437 e. The van der Waals surface area contributed by atoms with Crippen molar-refractivity contribution in [2.45, 2.75) is 64.8 Å². The number of hydroxylamine groups is 1. The van der Waals surface area contributed by atoms with Crippen LogP contribution < -0.4 is 26.7 Å². The average molecular weight is 781 g/mol. The van der Waals surface area contributed by atoms with Crippen LogP contribution in [0.1, 0.15) is 13.3 Å². The van der Waals surface area contributed by atoms with Crippen LogP contribution in [0.3, 0.4) is 0 Å². The maximum atomic E-state index is 13.9. The van der Waals surface area contributed by atoms with Gasteiger partial charge in [0.2, 0.25) is 14.5 Å². The molecular formula is C37H58N7O6Si3+. The maximum Gasteiger partial charge on any atom is 0.422 e. The van der Waals surface area contributed by atoms with Crippen LogP contribution in [-0.2, 0) is 13.1 Å². The van der Waals surface area contributed by atoms with Gasteiger partial charge < -0.3 is 28.6 Å². The van der Waals surface area contributed by atoms with Crippen molar-refractivity contribution in [2.24, 2.45) is 0 Å². The lowest BCUT2D eigenvalue weighted by Crippen LogP contribution is -2.59. The van der Waals surface area contributed by atoms with Crippen LogP contribution in [0.25, 0.3) is 0 Å². The summed E-state index contributed by atoms with van der Waals surface area (Å²) in [5.74, 6) is 0. The van der Waals surface area contributed by atoms with Crippen molar-refractivity contribution in [1.82, 2.24) is 15.7 Å². The zero-order chi connectivity index (χ0) is 38.5. The number of carbonyl (C=O) groups excluding carboxylic acids is 3. The minimum Gasteiger partial charge on any atom is -0.437 e. The number of quaternary nitrogens is 1. The molecule has 1 aliphatic heterocycles. The summed E-state index contributed by atoms with van der Waals surface area (Å²) in [6.07, 6.45) is 0.838. The number of anilines is 3. The molecule has 0 aliphatic carbocycles. The first-order valence-electron chi connectivity index (χ1n) is 18.3.